The van der Waals surface area contributed by atoms with E-state index in [2.05, 4.69) is 0 Å². The highest BCUT2D eigenvalue weighted by atomic mass is 16.5. The lowest BCUT2D eigenvalue weighted by Crippen LogP contribution is -2.15. The molecule has 140 valence electrons. The second-order valence-electron chi connectivity index (χ2n) is 5.64. The van der Waals surface area contributed by atoms with E-state index in [1.807, 2.05) is 30.3 Å². The van der Waals surface area contributed by atoms with E-state index in [4.69, 9.17) is 14.2 Å². The summed E-state index contributed by atoms with van der Waals surface area (Å²) in [5, 5.41) is 0. The first-order chi connectivity index (χ1) is 12.6. The second kappa shape index (κ2) is 9.20. The summed E-state index contributed by atoms with van der Waals surface area (Å²) in [6.07, 6.45) is 0.402. The van der Waals surface area contributed by atoms with Crippen molar-refractivity contribution in [3.63, 3.8) is 0 Å². The molecule has 0 aliphatic carbocycles. The highest BCUT2D eigenvalue weighted by Gasteiger charge is 2.30. The van der Waals surface area contributed by atoms with Crippen molar-refractivity contribution in [3.8, 4) is 5.69 Å². The van der Waals surface area contributed by atoms with E-state index in [-0.39, 0.29) is 13.2 Å². The molecule has 6 nitrogen and oxygen atoms in total. The lowest BCUT2D eigenvalue weighted by Gasteiger charge is -2.12. The van der Waals surface area contributed by atoms with E-state index >= 15 is 0 Å². The molecular formula is C20H25NO5. The zero-order chi connectivity index (χ0) is 19.1. The van der Waals surface area contributed by atoms with E-state index in [1.165, 1.54) is 0 Å². The Morgan fingerprint density at radius 1 is 1.00 bits per heavy atom. The van der Waals surface area contributed by atoms with Crippen molar-refractivity contribution in [1.82, 2.24) is 4.57 Å². The molecule has 0 radical (unpaired) electrons. The zero-order valence-corrected chi connectivity index (χ0v) is 15.7. The lowest BCUT2D eigenvalue weighted by molar-refractivity contribution is 0.0514. The van der Waals surface area contributed by atoms with Gasteiger partial charge < -0.3 is 18.8 Å². The highest BCUT2D eigenvalue weighted by molar-refractivity contribution is 5.99. The van der Waals surface area contributed by atoms with Gasteiger partial charge in [0, 0.05) is 24.1 Å². The number of benzene rings is 1. The van der Waals surface area contributed by atoms with E-state index < -0.39 is 11.9 Å². The number of aromatic nitrogens is 1. The van der Waals surface area contributed by atoms with Gasteiger partial charge in [0.15, 0.2) is 0 Å². The number of rotatable bonds is 8. The minimum Gasteiger partial charge on any atom is -0.462 e. The number of methoxy groups -OCH3 is 1. The van der Waals surface area contributed by atoms with Crippen molar-refractivity contribution in [1.29, 1.82) is 0 Å². The molecule has 0 amide bonds. The van der Waals surface area contributed by atoms with Crippen LogP contribution in [-0.4, -0.2) is 43.4 Å². The molecule has 0 aliphatic rings. The predicted molar refractivity (Wildman–Crippen MR) is 98.0 cm³/mol. The van der Waals surface area contributed by atoms with Crippen molar-refractivity contribution < 1.29 is 23.8 Å². The number of para-hydroxylation sites is 1. The number of nitrogens with zero attached hydrogens (tertiary/aromatic N) is 1. The maximum Gasteiger partial charge on any atom is 0.355 e. The molecule has 0 saturated heterocycles. The number of carbonyl (C=O) groups is 2. The Balaban J connectivity index is 2.76. The summed E-state index contributed by atoms with van der Waals surface area (Å²) in [7, 11) is 1.58. The summed E-state index contributed by atoms with van der Waals surface area (Å²) in [5.74, 6) is -0.919. The van der Waals surface area contributed by atoms with E-state index in [0.717, 1.165) is 5.69 Å². The van der Waals surface area contributed by atoms with Crippen LogP contribution in [0.1, 0.15) is 46.0 Å². The molecule has 0 spiro atoms. The Morgan fingerprint density at radius 2 is 1.62 bits per heavy atom. The normalized spacial score (nSPS) is 10.6. The predicted octanol–water partition coefficient (Wildman–Crippen LogP) is 3.33. The Morgan fingerprint density at radius 3 is 2.19 bits per heavy atom. The van der Waals surface area contributed by atoms with Gasteiger partial charge in [0.05, 0.1) is 25.4 Å². The third-order valence-corrected chi connectivity index (χ3v) is 4.03. The molecule has 26 heavy (non-hydrogen) atoms. The van der Waals surface area contributed by atoms with Crippen molar-refractivity contribution in [2.75, 3.05) is 26.9 Å². The molecule has 1 aromatic carbocycles. The average molecular weight is 359 g/mol. The molecule has 1 aromatic heterocycles. The van der Waals surface area contributed by atoms with Crippen LogP contribution in [0.4, 0.5) is 0 Å². The smallest absolute Gasteiger partial charge is 0.355 e. The molecule has 6 heteroatoms. The minimum atomic E-state index is -0.471. The Bertz CT molecular complexity index is 764. The molecule has 2 rings (SSSR count). The van der Waals surface area contributed by atoms with Crippen LogP contribution in [0.2, 0.25) is 0 Å². The average Bonchev–Trinajstić information content (AvgIpc) is 2.93. The first-order valence-electron chi connectivity index (χ1n) is 8.69. The van der Waals surface area contributed by atoms with Gasteiger partial charge in [0.2, 0.25) is 0 Å². The number of hydrogen-bond donors (Lipinski definition) is 0. The van der Waals surface area contributed by atoms with Crippen LogP contribution in [0.25, 0.3) is 5.69 Å². The molecule has 1 heterocycles. The molecule has 0 unspecified atom stereocenters. The zero-order valence-electron chi connectivity index (χ0n) is 15.7. The second-order valence-corrected chi connectivity index (χ2v) is 5.64. The number of esters is 2. The SMILES string of the molecule is CCOC(=O)c1c(CCOC)c(C(=O)OCC)n(-c2ccccc2)c1C. The molecule has 0 N–H and O–H groups in total. The largest absolute Gasteiger partial charge is 0.462 e. The monoisotopic (exact) mass is 359 g/mol. The van der Waals surface area contributed by atoms with E-state index in [0.29, 0.717) is 35.5 Å². The first-order valence-corrected chi connectivity index (χ1v) is 8.69. The van der Waals surface area contributed by atoms with Gasteiger partial charge in [-0.1, -0.05) is 18.2 Å². The van der Waals surface area contributed by atoms with Crippen LogP contribution < -0.4 is 0 Å². The van der Waals surface area contributed by atoms with Gasteiger partial charge in [-0.15, -0.1) is 0 Å². The van der Waals surface area contributed by atoms with Crippen LogP contribution >= 0.6 is 0 Å². The molecule has 0 fully saturated rings. The van der Waals surface area contributed by atoms with Gasteiger partial charge in [-0.3, -0.25) is 0 Å². The standard InChI is InChI=1S/C20H25NO5/c1-5-25-19(22)17-14(3)21(15-10-8-7-9-11-15)18(20(23)26-6-2)16(17)12-13-24-4/h7-11H,5-6,12-13H2,1-4H3. The highest BCUT2D eigenvalue weighted by Crippen LogP contribution is 2.29. The minimum absolute atomic E-state index is 0.246. The van der Waals surface area contributed by atoms with E-state index in [9.17, 15) is 9.59 Å². The maximum absolute atomic E-state index is 12.7. The van der Waals surface area contributed by atoms with Gasteiger partial charge in [-0.05, 0) is 39.3 Å². The van der Waals surface area contributed by atoms with Crippen LogP contribution in [0.3, 0.4) is 0 Å². The first kappa shape index (κ1) is 19.7. The summed E-state index contributed by atoms with van der Waals surface area (Å²) in [6.45, 7) is 6.18. The quantitative estimate of drug-likeness (QED) is 0.677. The van der Waals surface area contributed by atoms with E-state index in [1.54, 1.807) is 32.4 Å². The summed E-state index contributed by atoms with van der Waals surface area (Å²) in [5.41, 5.74) is 2.75. The molecule has 0 bridgehead atoms. The maximum atomic E-state index is 12.7. The number of hydrogen-bond acceptors (Lipinski definition) is 5. The third-order valence-electron chi connectivity index (χ3n) is 4.03. The fraction of sp³-hybridized carbons (Fsp3) is 0.400. The lowest BCUT2D eigenvalue weighted by atomic mass is 10.1. The fourth-order valence-electron chi connectivity index (χ4n) is 2.99. The molecule has 0 saturated carbocycles. The van der Waals surface area contributed by atoms with Crippen LogP contribution in [-0.2, 0) is 20.6 Å². The molecular weight excluding hydrogens is 334 g/mol. The Hall–Kier alpha value is -2.60. The Labute approximate surface area is 153 Å². The molecule has 2 aromatic rings. The van der Waals surface area contributed by atoms with Crippen molar-refractivity contribution in [3.05, 3.63) is 52.8 Å². The molecule has 0 atom stereocenters. The van der Waals surface area contributed by atoms with Crippen molar-refractivity contribution >= 4 is 11.9 Å². The van der Waals surface area contributed by atoms with Crippen LogP contribution in [0, 0.1) is 6.92 Å². The third kappa shape index (κ3) is 3.96. The molecule has 0 aliphatic heterocycles. The summed E-state index contributed by atoms with van der Waals surface area (Å²) in [4.78, 5) is 25.3. The van der Waals surface area contributed by atoms with Crippen LogP contribution in [0.15, 0.2) is 30.3 Å². The van der Waals surface area contributed by atoms with Crippen molar-refractivity contribution in [2.24, 2.45) is 0 Å². The summed E-state index contributed by atoms with van der Waals surface area (Å²) in [6, 6.07) is 9.41. The topological polar surface area (TPSA) is 66.8 Å². The summed E-state index contributed by atoms with van der Waals surface area (Å²) >= 11 is 0. The van der Waals surface area contributed by atoms with Crippen LogP contribution in [0.5, 0.6) is 0 Å². The number of ether oxygens (including phenoxy) is 3. The van der Waals surface area contributed by atoms with Gasteiger partial charge in [-0.2, -0.15) is 0 Å². The Kier molecular flexibility index (Phi) is 6.97. The van der Waals surface area contributed by atoms with Gasteiger partial charge in [0.1, 0.15) is 5.69 Å². The van der Waals surface area contributed by atoms with Crippen molar-refractivity contribution in [2.45, 2.75) is 27.2 Å². The number of carbonyl (C=O) groups excluding carboxylic acids is 2. The fourth-order valence-corrected chi connectivity index (χ4v) is 2.99. The van der Waals surface area contributed by atoms with Gasteiger partial charge in [-0.25, -0.2) is 9.59 Å². The van der Waals surface area contributed by atoms with Gasteiger partial charge in [0.25, 0.3) is 0 Å². The summed E-state index contributed by atoms with van der Waals surface area (Å²) < 4.78 is 17.4. The van der Waals surface area contributed by atoms with Gasteiger partial charge >= 0.3 is 11.9 Å².